The highest BCUT2D eigenvalue weighted by molar-refractivity contribution is 7.90. The molecule has 0 fully saturated rings. The van der Waals surface area contributed by atoms with Crippen molar-refractivity contribution in [3.8, 4) is 5.75 Å². The molecule has 0 spiro atoms. The Morgan fingerprint density at radius 1 is 1.12 bits per heavy atom. The Morgan fingerprint density at radius 3 is 2.50 bits per heavy atom. The van der Waals surface area contributed by atoms with E-state index >= 15 is 0 Å². The number of nitrogens with zero attached hydrogens (tertiary/aromatic N) is 1. The average molecular weight is 372 g/mol. The number of rotatable bonds is 6. The fraction of sp³-hybridized carbons (Fsp3) is 0.211. The lowest BCUT2D eigenvalue weighted by Gasteiger charge is -2.12. The minimum Gasteiger partial charge on any atom is -0.496 e. The van der Waals surface area contributed by atoms with Gasteiger partial charge in [-0.05, 0) is 30.3 Å². The van der Waals surface area contributed by atoms with Gasteiger partial charge < -0.3 is 10.1 Å². The highest BCUT2D eigenvalue weighted by atomic mass is 32.2. The molecular formula is C19H20N2O4S. The molecule has 6 nitrogen and oxygen atoms in total. The Balaban J connectivity index is 2.23. The molecule has 3 aromatic rings. The number of fused-ring (bicyclic) bond motifs is 1. The van der Waals surface area contributed by atoms with Crippen molar-refractivity contribution in [2.75, 3.05) is 7.11 Å². The van der Waals surface area contributed by atoms with Crippen LogP contribution in [-0.4, -0.2) is 25.4 Å². The third-order valence-corrected chi connectivity index (χ3v) is 5.90. The van der Waals surface area contributed by atoms with Crippen LogP contribution in [-0.2, 0) is 21.4 Å². The standard InChI is InChI=1S/C19H20N2O4S/c1-3-19(22)20-13-14-12-16-17(10-7-11-18(16)25-2)21(14)26(23,24)15-8-5-4-6-9-15/h4-12H,3,13H2,1-2H3,(H,20,22). The van der Waals surface area contributed by atoms with Gasteiger partial charge in [-0.1, -0.05) is 31.2 Å². The Labute approximate surface area is 152 Å². The Morgan fingerprint density at radius 2 is 1.85 bits per heavy atom. The monoisotopic (exact) mass is 372 g/mol. The fourth-order valence-electron chi connectivity index (χ4n) is 2.83. The first-order chi connectivity index (χ1) is 12.5. The van der Waals surface area contributed by atoms with Crippen molar-refractivity contribution in [1.82, 2.24) is 9.29 Å². The number of hydrogen-bond donors (Lipinski definition) is 1. The van der Waals surface area contributed by atoms with Gasteiger partial charge >= 0.3 is 0 Å². The van der Waals surface area contributed by atoms with Crippen LogP contribution in [0.5, 0.6) is 5.75 Å². The van der Waals surface area contributed by atoms with Crippen LogP contribution in [0.4, 0.5) is 0 Å². The largest absolute Gasteiger partial charge is 0.496 e. The summed E-state index contributed by atoms with van der Waals surface area (Å²) in [4.78, 5) is 11.8. The first-order valence-corrected chi connectivity index (χ1v) is 9.67. The van der Waals surface area contributed by atoms with Crippen molar-refractivity contribution in [2.45, 2.75) is 24.8 Å². The topological polar surface area (TPSA) is 77.4 Å². The van der Waals surface area contributed by atoms with E-state index in [0.717, 1.165) is 0 Å². The first-order valence-electron chi connectivity index (χ1n) is 8.23. The number of nitrogens with one attached hydrogen (secondary N) is 1. The van der Waals surface area contributed by atoms with Crippen molar-refractivity contribution >= 4 is 26.8 Å². The van der Waals surface area contributed by atoms with E-state index in [1.54, 1.807) is 61.5 Å². The van der Waals surface area contributed by atoms with E-state index in [0.29, 0.717) is 28.8 Å². The SMILES string of the molecule is CCC(=O)NCc1cc2c(OC)cccc2n1S(=O)(=O)c1ccccc1. The van der Waals surface area contributed by atoms with Gasteiger partial charge in [-0.3, -0.25) is 4.79 Å². The summed E-state index contributed by atoms with van der Waals surface area (Å²) in [6, 6.07) is 15.2. The van der Waals surface area contributed by atoms with Crippen LogP contribution in [0.15, 0.2) is 59.5 Å². The third-order valence-electron chi connectivity index (χ3n) is 4.12. The number of methoxy groups -OCH3 is 1. The second kappa shape index (κ2) is 7.21. The van der Waals surface area contributed by atoms with E-state index in [1.165, 1.54) is 11.1 Å². The van der Waals surface area contributed by atoms with Crippen molar-refractivity contribution in [1.29, 1.82) is 0 Å². The van der Waals surface area contributed by atoms with E-state index in [1.807, 2.05) is 0 Å². The van der Waals surface area contributed by atoms with Gasteiger partial charge in [0.25, 0.3) is 10.0 Å². The second-order valence-electron chi connectivity index (χ2n) is 5.74. The smallest absolute Gasteiger partial charge is 0.268 e. The lowest BCUT2D eigenvalue weighted by Crippen LogP contribution is -2.25. The van der Waals surface area contributed by atoms with Crippen LogP contribution >= 0.6 is 0 Å². The number of carbonyl (C=O) groups is 1. The molecular weight excluding hydrogens is 352 g/mol. The molecule has 0 aliphatic rings. The first kappa shape index (κ1) is 18.0. The molecule has 0 atom stereocenters. The van der Waals surface area contributed by atoms with Gasteiger partial charge in [0, 0.05) is 11.8 Å². The summed E-state index contributed by atoms with van der Waals surface area (Å²) in [6.07, 6.45) is 0.328. The molecule has 2 aromatic carbocycles. The molecule has 0 saturated heterocycles. The van der Waals surface area contributed by atoms with Gasteiger partial charge in [0.15, 0.2) is 0 Å². The number of amides is 1. The van der Waals surface area contributed by atoms with Gasteiger partial charge in [0.1, 0.15) is 5.75 Å². The summed E-state index contributed by atoms with van der Waals surface area (Å²) < 4.78 is 33.1. The lowest BCUT2D eigenvalue weighted by molar-refractivity contribution is -0.120. The van der Waals surface area contributed by atoms with Crippen LogP contribution in [0.2, 0.25) is 0 Å². The van der Waals surface area contributed by atoms with E-state index < -0.39 is 10.0 Å². The number of hydrogen-bond acceptors (Lipinski definition) is 4. The minimum atomic E-state index is -3.82. The van der Waals surface area contributed by atoms with E-state index in [2.05, 4.69) is 5.32 Å². The zero-order valence-corrected chi connectivity index (χ0v) is 15.4. The van der Waals surface area contributed by atoms with Crippen molar-refractivity contribution in [3.05, 3.63) is 60.3 Å². The molecule has 0 radical (unpaired) electrons. The van der Waals surface area contributed by atoms with Crippen molar-refractivity contribution in [3.63, 3.8) is 0 Å². The third kappa shape index (κ3) is 3.17. The quantitative estimate of drug-likeness (QED) is 0.722. The van der Waals surface area contributed by atoms with Crippen molar-refractivity contribution in [2.24, 2.45) is 0 Å². The van der Waals surface area contributed by atoms with Crippen LogP contribution in [0.25, 0.3) is 10.9 Å². The number of ether oxygens (including phenoxy) is 1. The molecule has 0 unspecified atom stereocenters. The zero-order chi connectivity index (χ0) is 18.7. The maximum absolute atomic E-state index is 13.3. The summed E-state index contributed by atoms with van der Waals surface area (Å²) in [5.41, 5.74) is 0.976. The molecule has 0 aliphatic carbocycles. The summed E-state index contributed by atoms with van der Waals surface area (Å²) >= 11 is 0. The molecule has 1 heterocycles. The molecule has 136 valence electrons. The molecule has 1 amide bonds. The highest BCUT2D eigenvalue weighted by Gasteiger charge is 2.24. The maximum Gasteiger partial charge on any atom is 0.268 e. The molecule has 7 heteroatoms. The van der Waals surface area contributed by atoms with Crippen LogP contribution < -0.4 is 10.1 Å². The molecule has 3 rings (SSSR count). The van der Waals surface area contributed by atoms with Crippen molar-refractivity contribution < 1.29 is 17.9 Å². The summed E-state index contributed by atoms with van der Waals surface area (Å²) in [6.45, 7) is 1.85. The summed E-state index contributed by atoms with van der Waals surface area (Å²) in [5, 5.41) is 3.42. The molecule has 0 saturated carbocycles. The van der Waals surface area contributed by atoms with E-state index in [4.69, 9.17) is 4.74 Å². The fourth-order valence-corrected chi connectivity index (χ4v) is 4.39. The minimum absolute atomic E-state index is 0.108. The Bertz CT molecular complexity index is 1040. The summed E-state index contributed by atoms with van der Waals surface area (Å²) in [5.74, 6) is 0.429. The van der Waals surface area contributed by atoms with Gasteiger partial charge in [-0.15, -0.1) is 0 Å². The Hall–Kier alpha value is -2.80. The van der Waals surface area contributed by atoms with Gasteiger partial charge in [-0.2, -0.15) is 0 Å². The van der Waals surface area contributed by atoms with E-state index in [-0.39, 0.29) is 17.3 Å². The number of aromatic nitrogens is 1. The van der Waals surface area contributed by atoms with E-state index in [9.17, 15) is 13.2 Å². The molecule has 26 heavy (non-hydrogen) atoms. The molecule has 0 aliphatic heterocycles. The predicted molar refractivity (Wildman–Crippen MR) is 99.7 cm³/mol. The molecule has 1 aromatic heterocycles. The van der Waals surface area contributed by atoms with Gasteiger partial charge in [0.05, 0.1) is 29.8 Å². The number of benzene rings is 2. The molecule has 0 bridgehead atoms. The van der Waals surface area contributed by atoms with Crippen LogP contribution in [0.1, 0.15) is 19.0 Å². The Kier molecular flexibility index (Phi) is 4.99. The van der Waals surface area contributed by atoms with Crippen LogP contribution in [0.3, 0.4) is 0 Å². The summed E-state index contributed by atoms with van der Waals surface area (Å²) in [7, 11) is -2.28. The van der Waals surface area contributed by atoms with Crippen LogP contribution in [0, 0.1) is 0 Å². The second-order valence-corrected chi connectivity index (χ2v) is 7.53. The number of carbonyl (C=O) groups excluding carboxylic acids is 1. The highest BCUT2D eigenvalue weighted by Crippen LogP contribution is 2.31. The van der Waals surface area contributed by atoms with Gasteiger partial charge in [-0.25, -0.2) is 12.4 Å². The maximum atomic E-state index is 13.3. The van der Waals surface area contributed by atoms with Gasteiger partial charge in [0.2, 0.25) is 5.91 Å². The normalized spacial score (nSPS) is 11.5. The average Bonchev–Trinajstić information content (AvgIpc) is 3.05. The predicted octanol–water partition coefficient (Wildman–Crippen LogP) is 2.91. The molecule has 1 N–H and O–H groups in total. The lowest BCUT2D eigenvalue weighted by atomic mass is 10.2. The zero-order valence-electron chi connectivity index (χ0n) is 14.6.